The minimum Gasteiger partial charge on any atom is -0.376 e. The molecule has 6 heterocycles. The van der Waals surface area contributed by atoms with E-state index >= 15 is 0 Å². The Labute approximate surface area is 213 Å². The molecule has 2 N–H and O–H groups in total. The second-order valence-corrected chi connectivity index (χ2v) is 11.1. The number of nitrogens with two attached hydrogens (primary N) is 1. The van der Waals surface area contributed by atoms with Crippen LogP contribution in [0.1, 0.15) is 19.8 Å². The van der Waals surface area contributed by atoms with Crippen LogP contribution in [0.4, 0.5) is 11.8 Å². The molecule has 9 nitrogen and oxygen atoms in total. The fourth-order valence-electron chi connectivity index (χ4n) is 5.36. The molecule has 0 aromatic carbocycles. The molecule has 0 aliphatic carbocycles. The van der Waals surface area contributed by atoms with Crippen molar-refractivity contribution in [3.63, 3.8) is 0 Å². The standard InChI is InChI=1S/C24H27ClN8OS/c1-15-20(26)24(14-34-15)4-8-31(9-5-24)23-30-11-18(21-29-7-10-33(21)23)35-17-3-6-28-22(19(17)25)32-12-16(13-32)27-2/h3,6-7,10-11,15-16,20H,4-5,8-9,12-14,26H2,1H3/t15-,20+/m0/s1. The fourth-order valence-corrected chi connectivity index (χ4v) is 6.60. The molecular weight excluding hydrogens is 484 g/mol. The van der Waals surface area contributed by atoms with Crippen molar-refractivity contribution < 1.29 is 4.74 Å². The number of pyridine rings is 1. The highest BCUT2D eigenvalue weighted by Crippen LogP contribution is 2.43. The van der Waals surface area contributed by atoms with Gasteiger partial charge in [0.2, 0.25) is 5.95 Å². The number of nitrogens with zero attached hydrogens (tertiary/aromatic N) is 7. The molecule has 182 valence electrons. The van der Waals surface area contributed by atoms with Gasteiger partial charge in [-0.1, -0.05) is 23.4 Å². The van der Waals surface area contributed by atoms with Crippen molar-refractivity contribution in [1.82, 2.24) is 19.4 Å². The van der Waals surface area contributed by atoms with Crippen LogP contribution < -0.4 is 15.5 Å². The third-order valence-corrected chi connectivity index (χ3v) is 9.21. The molecule has 3 fully saturated rings. The molecule has 35 heavy (non-hydrogen) atoms. The van der Waals surface area contributed by atoms with Gasteiger partial charge < -0.3 is 25.1 Å². The Balaban J connectivity index is 1.23. The Kier molecular flexibility index (Phi) is 5.76. The average molecular weight is 511 g/mol. The Morgan fingerprint density at radius 2 is 1.97 bits per heavy atom. The van der Waals surface area contributed by atoms with Gasteiger partial charge in [0.15, 0.2) is 5.65 Å². The van der Waals surface area contributed by atoms with Crippen molar-refractivity contribution in [2.45, 2.75) is 47.7 Å². The Bertz CT molecular complexity index is 1290. The van der Waals surface area contributed by atoms with Gasteiger partial charge in [-0.05, 0) is 25.8 Å². The lowest BCUT2D eigenvalue weighted by Crippen LogP contribution is -2.51. The molecule has 3 aromatic heterocycles. The van der Waals surface area contributed by atoms with Crippen LogP contribution in [0, 0.1) is 12.0 Å². The molecule has 1 spiro atoms. The van der Waals surface area contributed by atoms with E-state index in [0.717, 1.165) is 59.7 Å². The summed E-state index contributed by atoms with van der Waals surface area (Å²) in [5.74, 6) is 1.62. The Morgan fingerprint density at radius 1 is 1.17 bits per heavy atom. The number of halogens is 1. The molecule has 2 atom stereocenters. The molecular formula is C24H27ClN8OS. The molecule has 0 saturated carbocycles. The molecule has 3 saturated heterocycles. The van der Waals surface area contributed by atoms with Crippen LogP contribution in [-0.2, 0) is 4.74 Å². The maximum Gasteiger partial charge on any atom is 0.258 e. The van der Waals surface area contributed by atoms with E-state index in [4.69, 9.17) is 33.6 Å². The van der Waals surface area contributed by atoms with E-state index in [0.29, 0.717) is 18.1 Å². The molecule has 0 unspecified atom stereocenters. The van der Waals surface area contributed by atoms with Gasteiger partial charge in [0.1, 0.15) is 5.82 Å². The molecule has 3 aliphatic heterocycles. The first-order valence-electron chi connectivity index (χ1n) is 11.9. The van der Waals surface area contributed by atoms with Gasteiger partial charge in [-0.3, -0.25) is 4.40 Å². The minimum atomic E-state index is 0.0236. The Hall–Kier alpha value is -2.58. The number of hydrogen-bond acceptors (Lipinski definition) is 8. The fraction of sp³-hybridized carbons (Fsp3) is 0.500. The van der Waals surface area contributed by atoms with Gasteiger partial charge in [-0.15, -0.1) is 0 Å². The summed E-state index contributed by atoms with van der Waals surface area (Å²) in [6.45, 7) is 13.1. The van der Waals surface area contributed by atoms with E-state index in [-0.39, 0.29) is 23.6 Å². The third kappa shape index (κ3) is 3.82. The zero-order valence-corrected chi connectivity index (χ0v) is 21.0. The molecule has 0 bridgehead atoms. The lowest BCUT2D eigenvalue weighted by atomic mass is 9.73. The van der Waals surface area contributed by atoms with Crippen LogP contribution in [0.2, 0.25) is 5.02 Å². The van der Waals surface area contributed by atoms with Crippen LogP contribution in [0.25, 0.3) is 10.5 Å². The molecule has 0 amide bonds. The van der Waals surface area contributed by atoms with E-state index < -0.39 is 0 Å². The summed E-state index contributed by atoms with van der Waals surface area (Å²) in [6.07, 6.45) is 9.52. The van der Waals surface area contributed by atoms with Crippen molar-refractivity contribution in [2.24, 2.45) is 11.1 Å². The van der Waals surface area contributed by atoms with E-state index in [1.807, 2.05) is 29.6 Å². The number of fused-ring (bicyclic) bond motifs is 1. The van der Waals surface area contributed by atoms with Crippen LogP contribution >= 0.6 is 23.4 Å². The highest BCUT2D eigenvalue weighted by atomic mass is 35.5. The zero-order valence-electron chi connectivity index (χ0n) is 19.5. The van der Waals surface area contributed by atoms with Gasteiger partial charge in [0, 0.05) is 54.2 Å². The number of hydrogen-bond donors (Lipinski definition) is 1. The average Bonchev–Trinajstić information content (AvgIpc) is 3.44. The van der Waals surface area contributed by atoms with Crippen LogP contribution in [0.15, 0.2) is 40.6 Å². The summed E-state index contributed by atoms with van der Waals surface area (Å²) < 4.78 is 7.93. The molecule has 6 rings (SSSR count). The number of imidazole rings is 1. The summed E-state index contributed by atoms with van der Waals surface area (Å²) in [5.41, 5.74) is 7.42. The van der Waals surface area contributed by atoms with E-state index in [1.54, 1.807) is 6.20 Å². The van der Waals surface area contributed by atoms with Crippen LogP contribution in [0.5, 0.6) is 0 Å². The summed E-state index contributed by atoms with van der Waals surface area (Å²) in [7, 11) is 0. The maximum absolute atomic E-state index is 7.18. The SMILES string of the molecule is [C-]#[N+]C1CN(c2nccc(Sc3cnc(N4CCC5(CC4)CO[C@@H](C)[C@H]5N)n4ccnc34)c2Cl)C1. The number of ether oxygens (including phenoxy) is 1. The third-order valence-electron chi connectivity index (χ3n) is 7.66. The molecule has 11 heteroatoms. The zero-order chi connectivity index (χ0) is 24.2. The first-order chi connectivity index (χ1) is 17.0. The van der Waals surface area contributed by atoms with Gasteiger partial charge in [-0.2, -0.15) is 0 Å². The highest BCUT2D eigenvalue weighted by molar-refractivity contribution is 7.99. The van der Waals surface area contributed by atoms with Crippen molar-refractivity contribution in [3.05, 3.63) is 47.3 Å². The number of aromatic nitrogens is 4. The number of rotatable bonds is 4. The van der Waals surface area contributed by atoms with Gasteiger partial charge in [-0.25, -0.2) is 21.5 Å². The highest BCUT2D eigenvalue weighted by Gasteiger charge is 2.47. The first-order valence-corrected chi connectivity index (χ1v) is 13.1. The van der Waals surface area contributed by atoms with Crippen molar-refractivity contribution in [3.8, 4) is 0 Å². The summed E-state index contributed by atoms with van der Waals surface area (Å²) in [6, 6.07) is 2.02. The normalized spacial score (nSPS) is 24.2. The smallest absolute Gasteiger partial charge is 0.258 e. The summed E-state index contributed by atoms with van der Waals surface area (Å²) >= 11 is 8.27. The molecule has 0 radical (unpaired) electrons. The monoisotopic (exact) mass is 510 g/mol. The minimum absolute atomic E-state index is 0.0236. The predicted molar refractivity (Wildman–Crippen MR) is 136 cm³/mol. The van der Waals surface area contributed by atoms with Crippen molar-refractivity contribution in [2.75, 3.05) is 42.6 Å². The van der Waals surface area contributed by atoms with E-state index in [9.17, 15) is 0 Å². The van der Waals surface area contributed by atoms with Crippen molar-refractivity contribution >= 4 is 40.8 Å². The second kappa shape index (κ2) is 8.82. The topological polar surface area (TPSA) is 89.2 Å². The van der Waals surface area contributed by atoms with Crippen LogP contribution in [0.3, 0.4) is 0 Å². The maximum atomic E-state index is 7.18. The Morgan fingerprint density at radius 3 is 2.69 bits per heavy atom. The van der Waals surface area contributed by atoms with Gasteiger partial charge >= 0.3 is 0 Å². The number of anilines is 2. The largest absolute Gasteiger partial charge is 0.376 e. The lowest BCUT2D eigenvalue weighted by molar-refractivity contribution is 0.0973. The van der Waals surface area contributed by atoms with Crippen molar-refractivity contribution in [1.29, 1.82) is 0 Å². The quantitative estimate of drug-likeness (QED) is 0.534. The first kappa shape index (κ1) is 22.9. The molecule has 3 aliphatic rings. The second-order valence-electron chi connectivity index (χ2n) is 9.67. The number of piperidine rings is 1. The van der Waals surface area contributed by atoms with Gasteiger partial charge in [0.05, 0.1) is 35.7 Å². The molecule has 3 aromatic rings. The van der Waals surface area contributed by atoms with Crippen LogP contribution in [-0.4, -0.2) is 70.3 Å². The summed E-state index contributed by atoms with van der Waals surface area (Å²) in [5, 5.41) is 0.598. The van der Waals surface area contributed by atoms with E-state index in [1.165, 1.54) is 11.8 Å². The summed E-state index contributed by atoms with van der Waals surface area (Å²) in [4.78, 5) is 23.7. The van der Waals surface area contributed by atoms with Gasteiger partial charge in [0.25, 0.3) is 6.04 Å². The predicted octanol–water partition coefficient (Wildman–Crippen LogP) is 3.37. The van der Waals surface area contributed by atoms with E-state index in [2.05, 4.69) is 31.0 Å². The lowest BCUT2D eigenvalue weighted by Gasteiger charge is -2.41.